The van der Waals surface area contributed by atoms with Crippen LogP contribution in [0.5, 0.6) is 0 Å². The van der Waals surface area contributed by atoms with Gasteiger partial charge in [-0.25, -0.2) is 4.68 Å². The molecule has 1 amide bonds. The van der Waals surface area contributed by atoms with Gasteiger partial charge in [0.25, 0.3) is 11.6 Å². The first kappa shape index (κ1) is 20.7. The lowest BCUT2D eigenvalue weighted by Crippen LogP contribution is -2.27. The Balaban J connectivity index is 2.05. The molecular weight excluding hydrogens is 405 g/mol. The summed E-state index contributed by atoms with van der Waals surface area (Å²) >= 11 is 0. The predicted molar refractivity (Wildman–Crippen MR) is 101 cm³/mol. The van der Waals surface area contributed by atoms with E-state index >= 15 is 0 Å². The van der Waals surface area contributed by atoms with Crippen molar-refractivity contribution < 1.29 is 22.9 Å². The number of benzene rings is 2. The van der Waals surface area contributed by atoms with Gasteiger partial charge in [-0.05, 0) is 25.1 Å². The number of nitrogens with one attached hydrogen (secondary N) is 1. The van der Waals surface area contributed by atoms with E-state index in [2.05, 4.69) is 10.4 Å². The van der Waals surface area contributed by atoms with Gasteiger partial charge in [0.05, 0.1) is 16.2 Å². The second kappa shape index (κ2) is 7.78. The quantitative estimate of drug-likeness (QED) is 0.513. The molecule has 0 saturated carbocycles. The number of nitro benzene ring substituents is 1. The Bertz CT molecular complexity index is 1200. The third-order valence-electron chi connectivity index (χ3n) is 4.08. The van der Waals surface area contributed by atoms with Crippen LogP contribution in [0.1, 0.15) is 21.7 Å². The lowest BCUT2D eigenvalue weighted by Gasteiger charge is -2.16. The van der Waals surface area contributed by atoms with E-state index in [-0.39, 0.29) is 22.8 Å². The van der Waals surface area contributed by atoms with E-state index in [0.717, 1.165) is 28.9 Å². The zero-order chi connectivity index (χ0) is 22.1. The lowest BCUT2D eigenvalue weighted by molar-refractivity contribution is -0.384. The van der Waals surface area contributed by atoms with Gasteiger partial charge < -0.3 is 5.32 Å². The van der Waals surface area contributed by atoms with Crippen molar-refractivity contribution in [2.75, 3.05) is 5.32 Å². The highest BCUT2D eigenvalue weighted by Gasteiger charge is 2.34. The summed E-state index contributed by atoms with van der Waals surface area (Å²) in [6.45, 7) is 1.38. The van der Waals surface area contributed by atoms with Crippen LogP contribution < -0.4 is 10.7 Å². The number of aryl methyl sites for hydroxylation is 1. The van der Waals surface area contributed by atoms with Crippen LogP contribution >= 0.6 is 0 Å². The number of anilines is 1. The fourth-order valence-corrected chi connectivity index (χ4v) is 2.73. The van der Waals surface area contributed by atoms with Crippen LogP contribution in [0.4, 0.5) is 24.5 Å². The van der Waals surface area contributed by atoms with E-state index in [9.17, 15) is 32.9 Å². The molecule has 3 aromatic rings. The number of aromatic nitrogens is 2. The molecule has 0 unspecified atom stereocenters. The number of nitrogens with zero attached hydrogens (tertiary/aromatic N) is 3. The number of hydrogen-bond donors (Lipinski definition) is 1. The highest BCUT2D eigenvalue weighted by atomic mass is 19.4. The van der Waals surface area contributed by atoms with E-state index < -0.39 is 33.7 Å². The van der Waals surface area contributed by atoms with Gasteiger partial charge in [-0.15, -0.1) is 0 Å². The summed E-state index contributed by atoms with van der Waals surface area (Å²) in [6.07, 6.45) is -4.68. The molecule has 1 N–H and O–H groups in total. The van der Waals surface area contributed by atoms with E-state index in [1.807, 2.05) is 0 Å². The minimum atomic E-state index is -4.68. The molecule has 0 aliphatic rings. The maximum Gasteiger partial charge on any atom is 0.418 e. The number of carbonyl (C=O) groups is 1. The molecule has 0 spiro atoms. The van der Waals surface area contributed by atoms with Crippen LogP contribution in [0.2, 0.25) is 0 Å². The summed E-state index contributed by atoms with van der Waals surface area (Å²) in [5.41, 5.74) is -3.00. The van der Waals surface area contributed by atoms with E-state index in [4.69, 9.17) is 0 Å². The van der Waals surface area contributed by atoms with Crippen LogP contribution in [0.3, 0.4) is 0 Å². The molecule has 0 bridgehead atoms. The number of para-hydroxylation sites is 1. The number of alkyl halides is 3. The van der Waals surface area contributed by atoms with Gasteiger partial charge >= 0.3 is 6.18 Å². The van der Waals surface area contributed by atoms with Crippen molar-refractivity contribution in [3.05, 3.63) is 91.9 Å². The smallest absolute Gasteiger partial charge is 0.320 e. The highest BCUT2D eigenvalue weighted by Crippen LogP contribution is 2.33. The van der Waals surface area contributed by atoms with Crippen LogP contribution in [0.15, 0.2) is 59.4 Å². The normalized spacial score (nSPS) is 11.2. The minimum Gasteiger partial charge on any atom is -0.320 e. The average Bonchev–Trinajstić information content (AvgIpc) is 2.67. The van der Waals surface area contributed by atoms with Crippen LogP contribution in [-0.2, 0) is 6.18 Å². The van der Waals surface area contributed by atoms with Crippen molar-refractivity contribution in [2.45, 2.75) is 13.1 Å². The second-order valence-electron chi connectivity index (χ2n) is 6.19. The lowest BCUT2D eigenvalue weighted by atomic mass is 10.1. The largest absolute Gasteiger partial charge is 0.418 e. The van der Waals surface area contributed by atoms with E-state index in [1.54, 1.807) is 0 Å². The summed E-state index contributed by atoms with van der Waals surface area (Å²) in [5.74, 6) is -1.02. The second-order valence-corrected chi connectivity index (χ2v) is 6.19. The predicted octanol–water partition coefficient (Wildman–Crippen LogP) is 3.72. The highest BCUT2D eigenvalue weighted by molar-refractivity contribution is 6.02. The maximum absolute atomic E-state index is 13.4. The van der Waals surface area contributed by atoms with Crippen LogP contribution in [0.25, 0.3) is 5.69 Å². The molecule has 30 heavy (non-hydrogen) atoms. The summed E-state index contributed by atoms with van der Waals surface area (Å²) in [4.78, 5) is 34.9. The SMILES string of the molecule is Cc1cc(=O)c(C(=O)Nc2cccc([N+](=O)[O-])c2)nn1-c1ccccc1C(F)(F)F. The first-order valence-electron chi connectivity index (χ1n) is 8.41. The number of amides is 1. The standard InChI is InChI=1S/C19H13F3N4O4/c1-11-9-16(27)17(18(28)23-12-5-4-6-13(10-12)26(29)30)24-25(11)15-8-3-2-7-14(15)19(20,21)22/h2-10H,1H3,(H,23,28). The van der Waals surface area contributed by atoms with Crippen molar-refractivity contribution >= 4 is 17.3 Å². The van der Waals surface area contributed by atoms with Gasteiger partial charge in [0.1, 0.15) is 0 Å². The molecule has 0 aliphatic carbocycles. The molecule has 8 nitrogen and oxygen atoms in total. The molecule has 0 atom stereocenters. The fourth-order valence-electron chi connectivity index (χ4n) is 2.73. The monoisotopic (exact) mass is 418 g/mol. The van der Waals surface area contributed by atoms with Crippen LogP contribution in [0, 0.1) is 17.0 Å². The maximum atomic E-state index is 13.4. The molecule has 11 heteroatoms. The van der Waals surface area contributed by atoms with E-state index in [1.165, 1.54) is 37.3 Å². The zero-order valence-corrected chi connectivity index (χ0v) is 15.3. The Labute approximate surface area is 166 Å². The Kier molecular flexibility index (Phi) is 5.37. The van der Waals surface area contributed by atoms with Crippen molar-refractivity contribution in [1.29, 1.82) is 0 Å². The van der Waals surface area contributed by atoms with Crippen molar-refractivity contribution in [3.63, 3.8) is 0 Å². The van der Waals surface area contributed by atoms with Crippen molar-refractivity contribution in [3.8, 4) is 5.69 Å². The first-order chi connectivity index (χ1) is 14.1. The van der Waals surface area contributed by atoms with Crippen LogP contribution in [-0.4, -0.2) is 20.6 Å². The van der Waals surface area contributed by atoms with E-state index in [0.29, 0.717) is 0 Å². The molecule has 3 rings (SSSR count). The van der Waals surface area contributed by atoms with Gasteiger partial charge in [0.2, 0.25) is 5.43 Å². The summed E-state index contributed by atoms with van der Waals surface area (Å²) < 4.78 is 40.9. The minimum absolute atomic E-state index is 0.0261. The van der Waals surface area contributed by atoms with Crippen molar-refractivity contribution in [2.24, 2.45) is 0 Å². The third kappa shape index (κ3) is 4.19. The van der Waals surface area contributed by atoms with Gasteiger partial charge in [-0.3, -0.25) is 19.7 Å². The molecule has 0 saturated heterocycles. The Hall–Kier alpha value is -4.02. The molecule has 0 fully saturated rings. The summed E-state index contributed by atoms with van der Waals surface area (Å²) in [5, 5.41) is 17.0. The Morgan fingerprint density at radius 1 is 1.13 bits per heavy atom. The Morgan fingerprint density at radius 2 is 1.83 bits per heavy atom. The summed E-state index contributed by atoms with van der Waals surface area (Å²) in [7, 11) is 0. The Morgan fingerprint density at radius 3 is 2.50 bits per heavy atom. The fraction of sp³-hybridized carbons (Fsp3) is 0.105. The third-order valence-corrected chi connectivity index (χ3v) is 4.08. The molecule has 1 aromatic heterocycles. The first-order valence-corrected chi connectivity index (χ1v) is 8.41. The number of halogens is 3. The molecule has 154 valence electrons. The molecule has 1 heterocycles. The summed E-state index contributed by atoms with van der Waals surface area (Å²) in [6, 6.07) is 10.6. The topological polar surface area (TPSA) is 107 Å². The number of nitro groups is 1. The molecular formula is C19H13F3N4O4. The van der Waals surface area contributed by atoms with Crippen molar-refractivity contribution in [1.82, 2.24) is 9.78 Å². The average molecular weight is 418 g/mol. The van der Waals surface area contributed by atoms with Gasteiger partial charge in [-0.1, -0.05) is 18.2 Å². The van der Waals surface area contributed by atoms with Gasteiger partial charge in [0, 0.05) is 29.6 Å². The number of non-ortho nitro benzene ring substituents is 1. The molecule has 0 radical (unpaired) electrons. The zero-order valence-electron chi connectivity index (χ0n) is 15.3. The number of carbonyl (C=O) groups excluding carboxylic acids is 1. The van der Waals surface area contributed by atoms with Gasteiger partial charge in [-0.2, -0.15) is 18.3 Å². The number of hydrogen-bond acceptors (Lipinski definition) is 5. The number of rotatable bonds is 4. The van der Waals surface area contributed by atoms with Gasteiger partial charge in [0.15, 0.2) is 5.69 Å². The molecule has 2 aromatic carbocycles. The molecule has 0 aliphatic heterocycles.